The molecule has 0 saturated carbocycles. The SMILES string of the molecule is N#CC1CSC12NC=CN2. The maximum Gasteiger partial charge on any atom is 0.173 e. The van der Waals surface area contributed by atoms with Crippen LogP contribution in [0, 0.1) is 17.2 Å². The highest BCUT2D eigenvalue weighted by molar-refractivity contribution is 8.02. The number of nitriles is 1. The summed E-state index contributed by atoms with van der Waals surface area (Å²) in [5.74, 6) is 1.03. The molecule has 2 aliphatic heterocycles. The monoisotopic (exact) mass is 153 g/mol. The maximum absolute atomic E-state index is 8.64. The van der Waals surface area contributed by atoms with Crippen molar-refractivity contribution in [2.45, 2.75) is 4.99 Å². The Morgan fingerprint density at radius 1 is 1.60 bits per heavy atom. The molecule has 10 heavy (non-hydrogen) atoms. The molecular weight excluding hydrogens is 146 g/mol. The highest BCUT2D eigenvalue weighted by Gasteiger charge is 2.48. The molecule has 1 spiro atoms. The molecule has 2 rings (SSSR count). The fourth-order valence-corrected chi connectivity index (χ4v) is 2.22. The van der Waals surface area contributed by atoms with Crippen molar-refractivity contribution in [3.63, 3.8) is 0 Å². The van der Waals surface area contributed by atoms with E-state index in [0.29, 0.717) is 0 Å². The van der Waals surface area contributed by atoms with Gasteiger partial charge in [-0.05, 0) is 0 Å². The van der Waals surface area contributed by atoms with Crippen LogP contribution in [-0.4, -0.2) is 10.7 Å². The molecule has 4 heteroatoms. The van der Waals surface area contributed by atoms with E-state index in [1.165, 1.54) is 0 Å². The predicted molar refractivity (Wildman–Crippen MR) is 39.7 cm³/mol. The van der Waals surface area contributed by atoms with E-state index < -0.39 is 0 Å². The largest absolute Gasteiger partial charge is 0.358 e. The Balaban J connectivity index is 2.12. The summed E-state index contributed by atoms with van der Waals surface area (Å²) in [5, 5.41) is 14.9. The van der Waals surface area contributed by atoms with Crippen molar-refractivity contribution in [2.24, 2.45) is 5.92 Å². The van der Waals surface area contributed by atoms with Crippen molar-refractivity contribution >= 4 is 11.8 Å². The summed E-state index contributed by atoms with van der Waals surface area (Å²) in [6.07, 6.45) is 3.69. The Morgan fingerprint density at radius 3 is 2.70 bits per heavy atom. The van der Waals surface area contributed by atoms with Crippen molar-refractivity contribution in [3.05, 3.63) is 12.4 Å². The fourth-order valence-electron chi connectivity index (χ4n) is 1.12. The number of nitrogens with zero attached hydrogens (tertiary/aromatic N) is 1. The normalized spacial score (nSPS) is 32.1. The first-order valence-corrected chi connectivity index (χ1v) is 4.10. The maximum atomic E-state index is 8.64. The van der Waals surface area contributed by atoms with Crippen molar-refractivity contribution in [1.29, 1.82) is 5.26 Å². The topological polar surface area (TPSA) is 47.9 Å². The van der Waals surface area contributed by atoms with E-state index in [2.05, 4.69) is 16.7 Å². The molecule has 2 N–H and O–H groups in total. The van der Waals surface area contributed by atoms with Crippen LogP contribution in [0.25, 0.3) is 0 Å². The van der Waals surface area contributed by atoms with Gasteiger partial charge >= 0.3 is 0 Å². The summed E-state index contributed by atoms with van der Waals surface area (Å²) >= 11 is 1.74. The summed E-state index contributed by atoms with van der Waals surface area (Å²) < 4.78 is 0. The van der Waals surface area contributed by atoms with Gasteiger partial charge in [-0.3, -0.25) is 0 Å². The van der Waals surface area contributed by atoms with E-state index in [1.807, 2.05) is 12.4 Å². The van der Waals surface area contributed by atoms with Crippen molar-refractivity contribution in [2.75, 3.05) is 5.75 Å². The van der Waals surface area contributed by atoms with Crippen molar-refractivity contribution < 1.29 is 0 Å². The molecule has 0 aromatic carbocycles. The summed E-state index contributed by atoms with van der Waals surface area (Å²) in [6, 6.07) is 2.25. The van der Waals surface area contributed by atoms with Crippen LogP contribution in [0.5, 0.6) is 0 Å². The van der Waals surface area contributed by atoms with Gasteiger partial charge in [-0.1, -0.05) is 0 Å². The third-order valence-corrected chi connectivity index (χ3v) is 3.28. The van der Waals surface area contributed by atoms with Gasteiger partial charge in [0.2, 0.25) is 0 Å². The first-order valence-electron chi connectivity index (χ1n) is 3.11. The Kier molecular flexibility index (Phi) is 1.08. The number of thioether (sulfide) groups is 1. The molecule has 2 heterocycles. The lowest BCUT2D eigenvalue weighted by molar-refractivity contribution is 0.392. The second-order valence-electron chi connectivity index (χ2n) is 2.35. The van der Waals surface area contributed by atoms with Crippen molar-refractivity contribution in [3.8, 4) is 6.07 Å². The molecule has 3 nitrogen and oxygen atoms in total. The van der Waals surface area contributed by atoms with Crippen LogP contribution in [0.4, 0.5) is 0 Å². The lowest BCUT2D eigenvalue weighted by atomic mass is 10.1. The van der Waals surface area contributed by atoms with Gasteiger partial charge in [-0.15, -0.1) is 11.8 Å². The van der Waals surface area contributed by atoms with Gasteiger partial charge < -0.3 is 10.6 Å². The molecular formula is C6H7N3S. The fraction of sp³-hybridized carbons (Fsp3) is 0.500. The Bertz CT molecular complexity index is 210. The smallest absolute Gasteiger partial charge is 0.173 e. The van der Waals surface area contributed by atoms with Gasteiger partial charge in [0, 0.05) is 18.2 Å². The van der Waals surface area contributed by atoms with Crippen LogP contribution < -0.4 is 10.6 Å². The third kappa shape index (κ3) is 0.557. The van der Waals surface area contributed by atoms with Gasteiger partial charge in [0.25, 0.3) is 0 Å². The minimum atomic E-state index is -0.172. The molecule has 0 aromatic rings. The first kappa shape index (κ1) is 5.93. The molecule has 1 atom stereocenters. The average Bonchev–Trinajstić information content (AvgIpc) is 2.35. The lowest BCUT2D eigenvalue weighted by Gasteiger charge is -2.42. The second-order valence-corrected chi connectivity index (χ2v) is 3.62. The van der Waals surface area contributed by atoms with Gasteiger partial charge in [-0.2, -0.15) is 5.26 Å². The zero-order valence-electron chi connectivity index (χ0n) is 5.29. The summed E-state index contributed by atoms with van der Waals surface area (Å²) in [7, 11) is 0. The summed E-state index contributed by atoms with van der Waals surface area (Å²) in [4.78, 5) is -0.172. The van der Waals surface area contributed by atoms with Gasteiger partial charge in [0.15, 0.2) is 4.99 Å². The van der Waals surface area contributed by atoms with E-state index in [9.17, 15) is 0 Å². The minimum absolute atomic E-state index is 0.104. The Labute approximate surface area is 63.5 Å². The van der Waals surface area contributed by atoms with Gasteiger partial charge in [0.1, 0.15) is 5.92 Å². The van der Waals surface area contributed by atoms with E-state index in [0.717, 1.165) is 5.75 Å². The van der Waals surface area contributed by atoms with Crippen molar-refractivity contribution in [1.82, 2.24) is 10.6 Å². The van der Waals surface area contributed by atoms with Crippen LogP contribution in [0.1, 0.15) is 0 Å². The lowest BCUT2D eigenvalue weighted by Crippen LogP contribution is -2.59. The molecule has 0 bridgehead atoms. The van der Waals surface area contributed by atoms with E-state index >= 15 is 0 Å². The van der Waals surface area contributed by atoms with Crippen LogP contribution in [0.3, 0.4) is 0 Å². The standard InChI is InChI=1S/C6H7N3S/c7-3-5-4-10-6(5)8-1-2-9-6/h1-2,5,8-9H,4H2. The summed E-state index contributed by atoms with van der Waals surface area (Å²) in [5.41, 5.74) is 0. The highest BCUT2D eigenvalue weighted by Crippen LogP contribution is 2.42. The summed E-state index contributed by atoms with van der Waals surface area (Å²) in [6.45, 7) is 0. The minimum Gasteiger partial charge on any atom is -0.358 e. The van der Waals surface area contributed by atoms with Gasteiger partial charge in [0.05, 0.1) is 6.07 Å². The Hall–Kier alpha value is -0.820. The number of hydrogen-bond acceptors (Lipinski definition) is 4. The zero-order chi connectivity index (χ0) is 7.03. The molecule has 1 saturated heterocycles. The van der Waals surface area contributed by atoms with E-state index in [1.54, 1.807) is 11.8 Å². The molecule has 0 aromatic heterocycles. The highest BCUT2D eigenvalue weighted by atomic mass is 32.2. The van der Waals surface area contributed by atoms with Crippen LogP contribution in [0.2, 0.25) is 0 Å². The molecule has 0 radical (unpaired) electrons. The molecule has 2 aliphatic rings. The third-order valence-electron chi connectivity index (χ3n) is 1.80. The van der Waals surface area contributed by atoms with Crippen LogP contribution in [-0.2, 0) is 0 Å². The quantitative estimate of drug-likeness (QED) is 0.521. The molecule has 0 amide bonds. The zero-order valence-corrected chi connectivity index (χ0v) is 6.11. The van der Waals surface area contributed by atoms with Crippen LogP contribution >= 0.6 is 11.8 Å². The number of nitrogens with one attached hydrogen (secondary N) is 2. The second kappa shape index (κ2) is 1.83. The van der Waals surface area contributed by atoms with Gasteiger partial charge in [-0.25, -0.2) is 0 Å². The molecule has 52 valence electrons. The Morgan fingerprint density at radius 2 is 2.30 bits per heavy atom. The predicted octanol–water partition coefficient (Wildman–Crippen LogP) is 0.191. The molecule has 0 aliphatic carbocycles. The molecule has 1 fully saturated rings. The first-order chi connectivity index (χ1) is 4.87. The van der Waals surface area contributed by atoms with E-state index in [4.69, 9.17) is 5.26 Å². The number of rotatable bonds is 0. The van der Waals surface area contributed by atoms with E-state index in [-0.39, 0.29) is 10.9 Å². The molecule has 1 unspecified atom stereocenters. The van der Waals surface area contributed by atoms with Crippen LogP contribution in [0.15, 0.2) is 12.4 Å². The number of hydrogen-bond donors (Lipinski definition) is 2. The average molecular weight is 153 g/mol.